The molecule has 2 aromatic rings. The predicted molar refractivity (Wildman–Crippen MR) is 104 cm³/mol. The van der Waals surface area contributed by atoms with Crippen molar-refractivity contribution in [1.29, 1.82) is 0 Å². The van der Waals surface area contributed by atoms with Crippen LogP contribution in [-0.4, -0.2) is 35.0 Å². The number of nitrogens with zero attached hydrogens (tertiary/aromatic N) is 2. The number of ether oxygens (including phenoxy) is 1. The molecule has 3 N–H and O–H groups in total. The van der Waals surface area contributed by atoms with Crippen LogP contribution in [0.3, 0.4) is 0 Å². The number of pyridine rings is 1. The summed E-state index contributed by atoms with van der Waals surface area (Å²) in [5.74, 6) is -0.0898. The van der Waals surface area contributed by atoms with E-state index in [9.17, 15) is 9.18 Å². The molecule has 2 aliphatic heterocycles. The first-order valence-corrected chi connectivity index (χ1v) is 9.63. The van der Waals surface area contributed by atoms with Crippen molar-refractivity contribution in [1.82, 2.24) is 4.98 Å². The molecule has 0 saturated carbocycles. The second kappa shape index (κ2) is 7.10. The highest BCUT2D eigenvalue weighted by atomic mass is 35.5. The Morgan fingerprint density at radius 3 is 3.04 bits per heavy atom. The van der Waals surface area contributed by atoms with Crippen LogP contribution in [0.25, 0.3) is 0 Å². The van der Waals surface area contributed by atoms with Gasteiger partial charge < -0.3 is 15.8 Å². The van der Waals surface area contributed by atoms with Crippen LogP contribution in [-0.2, 0) is 10.3 Å². The fourth-order valence-corrected chi connectivity index (χ4v) is 4.42. The Labute approximate surface area is 164 Å². The van der Waals surface area contributed by atoms with Gasteiger partial charge in [-0.05, 0) is 30.3 Å². The molecule has 2 aliphatic rings. The molecule has 4 rings (SSSR count). The van der Waals surface area contributed by atoms with Gasteiger partial charge in [-0.1, -0.05) is 23.4 Å². The number of amidine groups is 1. The minimum atomic E-state index is -0.862. The number of aromatic nitrogens is 1. The number of thioether (sulfide) groups is 1. The quantitative estimate of drug-likeness (QED) is 0.817. The second-order valence-electron chi connectivity index (χ2n) is 6.41. The van der Waals surface area contributed by atoms with Gasteiger partial charge in [-0.25, -0.2) is 14.4 Å². The molecule has 2 atom stereocenters. The standard InChI is InChI=1S/C18H16ClFN4O2S/c19-11-1-4-15(22-6-11)16(25)23-12-2-3-14(20)13(5-12)18-9-26-7-10(18)8-27-17(21)24-18/h1-6,10H,7-9H2,(H2,21,24)(H,23,25). The van der Waals surface area contributed by atoms with Crippen molar-refractivity contribution in [3.05, 3.63) is 58.6 Å². The van der Waals surface area contributed by atoms with E-state index in [0.717, 1.165) is 0 Å². The summed E-state index contributed by atoms with van der Waals surface area (Å²) in [6, 6.07) is 7.51. The van der Waals surface area contributed by atoms with E-state index in [1.807, 2.05) is 0 Å². The van der Waals surface area contributed by atoms with E-state index >= 15 is 0 Å². The molecule has 9 heteroatoms. The Bertz CT molecular complexity index is 924. The van der Waals surface area contributed by atoms with Gasteiger partial charge in [0.15, 0.2) is 5.17 Å². The molecule has 27 heavy (non-hydrogen) atoms. The maximum absolute atomic E-state index is 14.7. The Morgan fingerprint density at radius 1 is 1.41 bits per heavy atom. The summed E-state index contributed by atoms with van der Waals surface area (Å²) in [5, 5.41) is 3.59. The second-order valence-corrected chi connectivity index (χ2v) is 7.88. The number of hydrogen-bond donors (Lipinski definition) is 2. The van der Waals surface area contributed by atoms with Crippen molar-refractivity contribution in [2.24, 2.45) is 16.6 Å². The highest BCUT2D eigenvalue weighted by molar-refractivity contribution is 8.13. The van der Waals surface area contributed by atoms with Gasteiger partial charge in [-0.15, -0.1) is 0 Å². The molecule has 0 radical (unpaired) electrons. The number of nitrogens with one attached hydrogen (secondary N) is 1. The monoisotopic (exact) mass is 406 g/mol. The Hall–Kier alpha value is -2.16. The van der Waals surface area contributed by atoms with Crippen LogP contribution in [0.15, 0.2) is 41.5 Å². The lowest BCUT2D eigenvalue weighted by Gasteiger charge is -2.34. The summed E-state index contributed by atoms with van der Waals surface area (Å²) < 4.78 is 20.3. The summed E-state index contributed by atoms with van der Waals surface area (Å²) in [4.78, 5) is 20.9. The van der Waals surface area contributed by atoms with Crippen LogP contribution in [0.4, 0.5) is 10.1 Å². The topological polar surface area (TPSA) is 89.6 Å². The molecular formula is C18H16ClFN4O2S. The van der Waals surface area contributed by atoms with Gasteiger partial charge in [-0.3, -0.25) is 4.79 Å². The molecule has 2 unspecified atom stereocenters. The lowest BCUT2D eigenvalue weighted by Crippen LogP contribution is -2.40. The molecule has 140 valence electrons. The van der Waals surface area contributed by atoms with E-state index in [-0.39, 0.29) is 18.2 Å². The maximum Gasteiger partial charge on any atom is 0.274 e. The van der Waals surface area contributed by atoms with Gasteiger partial charge in [0.25, 0.3) is 5.91 Å². The fourth-order valence-electron chi connectivity index (χ4n) is 3.33. The average molecular weight is 407 g/mol. The van der Waals surface area contributed by atoms with E-state index in [1.54, 1.807) is 12.1 Å². The number of anilines is 1. The molecule has 1 amide bonds. The molecule has 1 saturated heterocycles. The molecular weight excluding hydrogens is 391 g/mol. The number of rotatable bonds is 3. The number of nitrogens with two attached hydrogens (primary N) is 1. The molecule has 1 aromatic carbocycles. The van der Waals surface area contributed by atoms with Gasteiger partial charge in [0.05, 0.1) is 18.2 Å². The van der Waals surface area contributed by atoms with E-state index in [4.69, 9.17) is 22.1 Å². The largest absolute Gasteiger partial charge is 0.379 e. The third-order valence-corrected chi connectivity index (χ3v) is 5.89. The first-order valence-electron chi connectivity index (χ1n) is 8.27. The Balaban J connectivity index is 1.67. The molecule has 1 aromatic heterocycles. The summed E-state index contributed by atoms with van der Waals surface area (Å²) in [6.07, 6.45) is 1.39. The highest BCUT2D eigenvalue weighted by Gasteiger charge is 2.49. The molecule has 0 spiro atoms. The molecule has 3 heterocycles. The minimum absolute atomic E-state index is 0.0215. The first kappa shape index (κ1) is 18.2. The Morgan fingerprint density at radius 2 is 2.26 bits per heavy atom. The van der Waals surface area contributed by atoms with Crippen LogP contribution < -0.4 is 11.1 Å². The first-order chi connectivity index (χ1) is 13.0. The summed E-state index contributed by atoms with van der Waals surface area (Å²) in [7, 11) is 0. The van der Waals surface area contributed by atoms with E-state index in [2.05, 4.69) is 15.3 Å². The summed E-state index contributed by atoms with van der Waals surface area (Å²) in [5.41, 5.74) is 6.08. The predicted octanol–water partition coefficient (Wildman–Crippen LogP) is 3.03. The van der Waals surface area contributed by atoms with Crippen LogP contribution in [0.1, 0.15) is 16.1 Å². The van der Waals surface area contributed by atoms with Crippen LogP contribution >= 0.6 is 23.4 Å². The van der Waals surface area contributed by atoms with Crippen LogP contribution in [0.5, 0.6) is 0 Å². The number of hydrogen-bond acceptors (Lipinski definition) is 6. The molecule has 0 bridgehead atoms. The highest BCUT2D eigenvalue weighted by Crippen LogP contribution is 2.45. The molecule has 0 aliphatic carbocycles. The SMILES string of the molecule is NC1=NC2(c3cc(NC(=O)c4ccc(Cl)cn4)ccc3F)COCC2CS1. The number of fused-ring (bicyclic) bond motifs is 1. The van der Waals surface area contributed by atoms with Crippen molar-refractivity contribution in [3.63, 3.8) is 0 Å². The third kappa shape index (κ3) is 3.40. The van der Waals surface area contributed by atoms with E-state index in [0.29, 0.717) is 33.8 Å². The van der Waals surface area contributed by atoms with Gasteiger partial charge in [0.2, 0.25) is 0 Å². The number of aliphatic imine (C=N–C) groups is 1. The van der Waals surface area contributed by atoms with Crippen LogP contribution in [0, 0.1) is 11.7 Å². The maximum atomic E-state index is 14.7. The van der Waals surface area contributed by atoms with Gasteiger partial charge in [0, 0.05) is 29.1 Å². The van der Waals surface area contributed by atoms with Crippen molar-refractivity contribution in [2.45, 2.75) is 5.54 Å². The van der Waals surface area contributed by atoms with Crippen molar-refractivity contribution < 1.29 is 13.9 Å². The van der Waals surface area contributed by atoms with Gasteiger partial charge >= 0.3 is 0 Å². The number of carbonyl (C=O) groups is 1. The van der Waals surface area contributed by atoms with Crippen molar-refractivity contribution in [2.75, 3.05) is 24.3 Å². The van der Waals surface area contributed by atoms with E-state index < -0.39 is 17.3 Å². The number of amides is 1. The third-order valence-electron chi connectivity index (χ3n) is 4.71. The average Bonchev–Trinajstić information content (AvgIpc) is 3.07. The lowest BCUT2D eigenvalue weighted by atomic mass is 9.81. The summed E-state index contributed by atoms with van der Waals surface area (Å²) >= 11 is 7.23. The van der Waals surface area contributed by atoms with Crippen LogP contribution in [0.2, 0.25) is 5.02 Å². The number of halogens is 2. The summed E-state index contributed by atoms with van der Waals surface area (Å²) in [6.45, 7) is 0.750. The van der Waals surface area contributed by atoms with Gasteiger partial charge in [0.1, 0.15) is 17.1 Å². The lowest BCUT2D eigenvalue weighted by molar-refractivity contribution is 0.102. The molecule has 6 nitrogen and oxygen atoms in total. The van der Waals surface area contributed by atoms with Crippen molar-refractivity contribution in [3.8, 4) is 0 Å². The number of carbonyl (C=O) groups excluding carboxylic acids is 1. The zero-order valence-electron chi connectivity index (χ0n) is 14.1. The van der Waals surface area contributed by atoms with Crippen molar-refractivity contribution >= 4 is 40.1 Å². The zero-order chi connectivity index (χ0) is 19.0. The zero-order valence-corrected chi connectivity index (χ0v) is 15.7. The smallest absolute Gasteiger partial charge is 0.274 e. The minimum Gasteiger partial charge on any atom is -0.379 e. The normalized spacial score (nSPS) is 24.2. The number of benzene rings is 1. The van der Waals surface area contributed by atoms with E-state index in [1.165, 1.54) is 36.2 Å². The fraction of sp³-hybridized carbons (Fsp3) is 0.278. The van der Waals surface area contributed by atoms with Gasteiger partial charge in [-0.2, -0.15) is 0 Å². The Kier molecular flexibility index (Phi) is 4.79. The molecule has 1 fully saturated rings.